The zero-order chi connectivity index (χ0) is 15.4. The first-order valence-electron chi connectivity index (χ1n) is 7.35. The number of carbonyl (C=O) groups is 2. The van der Waals surface area contributed by atoms with Crippen LogP contribution in [-0.4, -0.2) is 36.1 Å². The molecule has 1 saturated heterocycles. The number of rotatable bonds is 5. The zero-order valence-electron chi connectivity index (χ0n) is 12.5. The minimum Gasteiger partial charge on any atom is -0.391 e. The minimum absolute atomic E-state index is 0.105. The fourth-order valence-electron chi connectivity index (χ4n) is 2.25. The van der Waals surface area contributed by atoms with Crippen molar-refractivity contribution >= 4 is 17.5 Å². The fourth-order valence-corrected chi connectivity index (χ4v) is 2.25. The lowest BCUT2D eigenvalue weighted by Crippen LogP contribution is -2.34. The van der Waals surface area contributed by atoms with Gasteiger partial charge in [0, 0.05) is 30.8 Å². The minimum atomic E-state index is -0.546. The van der Waals surface area contributed by atoms with Crippen LogP contribution in [0.2, 0.25) is 0 Å². The molecule has 0 saturated carbocycles. The first kappa shape index (κ1) is 15.5. The van der Waals surface area contributed by atoms with Gasteiger partial charge < -0.3 is 15.3 Å². The molecule has 0 bridgehead atoms. The van der Waals surface area contributed by atoms with Crippen molar-refractivity contribution < 1.29 is 14.7 Å². The molecule has 5 nitrogen and oxygen atoms in total. The summed E-state index contributed by atoms with van der Waals surface area (Å²) in [7, 11) is 0. The van der Waals surface area contributed by atoms with Gasteiger partial charge in [0.25, 0.3) is 5.91 Å². The highest BCUT2D eigenvalue weighted by atomic mass is 16.3. The van der Waals surface area contributed by atoms with E-state index in [0.717, 1.165) is 18.7 Å². The van der Waals surface area contributed by atoms with E-state index in [2.05, 4.69) is 5.32 Å². The Morgan fingerprint density at radius 1 is 1.33 bits per heavy atom. The van der Waals surface area contributed by atoms with Gasteiger partial charge in [-0.25, -0.2) is 0 Å². The van der Waals surface area contributed by atoms with Crippen LogP contribution in [0.1, 0.15) is 37.0 Å². The third kappa shape index (κ3) is 3.82. The van der Waals surface area contributed by atoms with E-state index >= 15 is 0 Å². The van der Waals surface area contributed by atoms with Gasteiger partial charge in [-0.1, -0.05) is 13.8 Å². The summed E-state index contributed by atoms with van der Waals surface area (Å²) in [6, 6.07) is 6.99. The first-order chi connectivity index (χ1) is 9.99. The normalized spacial score (nSPS) is 16.4. The van der Waals surface area contributed by atoms with Crippen LogP contribution < -0.4 is 10.2 Å². The third-order valence-electron chi connectivity index (χ3n) is 3.76. The number of hydrogen-bond acceptors (Lipinski definition) is 3. The standard InChI is InChI=1S/C16H22N2O3/c1-11(2)14(19)10-17-16(21)12-5-7-13(8-6-12)18-9-3-4-15(18)20/h5-8,11,14,19H,3-4,9-10H2,1-2H3,(H,17,21). The van der Waals surface area contributed by atoms with Crippen LogP contribution in [0.3, 0.4) is 0 Å². The van der Waals surface area contributed by atoms with Crippen molar-refractivity contribution in [1.82, 2.24) is 5.32 Å². The molecule has 5 heteroatoms. The lowest BCUT2D eigenvalue weighted by molar-refractivity contribution is -0.117. The summed E-state index contributed by atoms with van der Waals surface area (Å²) in [5, 5.41) is 12.4. The molecule has 1 aliphatic rings. The van der Waals surface area contributed by atoms with E-state index in [1.165, 1.54) is 0 Å². The van der Waals surface area contributed by atoms with Crippen molar-refractivity contribution in [1.29, 1.82) is 0 Å². The topological polar surface area (TPSA) is 69.6 Å². The van der Waals surface area contributed by atoms with Crippen LogP contribution in [0.15, 0.2) is 24.3 Å². The summed E-state index contributed by atoms with van der Waals surface area (Å²) < 4.78 is 0. The van der Waals surface area contributed by atoms with E-state index in [4.69, 9.17) is 0 Å². The van der Waals surface area contributed by atoms with Gasteiger partial charge in [-0.2, -0.15) is 0 Å². The van der Waals surface area contributed by atoms with Crippen LogP contribution in [0.5, 0.6) is 0 Å². The maximum absolute atomic E-state index is 12.0. The molecule has 2 rings (SSSR count). The molecule has 21 heavy (non-hydrogen) atoms. The molecule has 2 N–H and O–H groups in total. The summed E-state index contributed by atoms with van der Waals surface area (Å²) in [5.74, 6) is 0.0233. The van der Waals surface area contributed by atoms with Crippen molar-refractivity contribution in [2.24, 2.45) is 5.92 Å². The highest BCUT2D eigenvalue weighted by Gasteiger charge is 2.21. The predicted molar refractivity (Wildman–Crippen MR) is 81.2 cm³/mol. The lowest BCUT2D eigenvalue weighted by atomic mass is 10.1. The van der Waals surface area contributed by atoms with Gasteiger partial charge in [0.2, 0.25) is 5.91 Å². The van der Waals surface area contributed by atoms with Crippen molar-refractivity contribution in [3.8, 4) is 0 Å². The molecule has 0 radical (unpaired) electrons. The van der Waals surface area contributed by atoms with Crippen molar-refractivity contribution in [3.63, 3.8) is 0 Å². The summed E-state index contributed by atoms with van der Waals surface area (Å²) in [5.41, 5.74) is 1.36. The van der Waals surface area contributed by atoms with Crippen LogP contribution in [-0.2, 0) is 4.79 Å². The molecule has 0 aromatic heterocycles. The van der Waals surface area contributed by atoms with Crippen molar-refractivity contribution in [2.75, 3.05) is 18.0 Å². The molecule has 1 aromatic rings. The van der Waals surface area contributed by atoms with Gasteiger partial charge in [0.15, 0.2) is 0 Å². The largest absolute Gasteiger partial charge is 0.391 e. The summed E-state index contributed by atoms with van der Waals surface area (Å²) >= 11 is 0. The highest BCUT2D eigenvalue weighted by molar-refractivity contribution is 5.97. The molecular formula is C16H22N2O3. The van der Waals surface area contributed by atoms with E-state index in [1.54, 1.807) is 29.2 Å². The Bertz CT molecular complexity index is 511. The highest BCUT2D eigenvalue weighted by Crippen LogP contribution is 2.21. The van der Waals surface area contributed by atoms with Gasteiger partial charge >= 0.3 is 0 Å². The number of nitrogens with one attached hydrogen (secondary N) is 1. The Labute approximate surface area is 125 Å². The number of hydrogen-bond donors (Lipinski definition) is 2. The Morgan fingerprint density at radius 3 is 2.52 bits per heavy atom. The molecule has 1 atom stereocenters. The lowest BCUT2D eigenvalue weighted by Gasteiger charge is -2.17. The molecule has 1 unspecified atom stereocenters. The average Bonchev–Trinajstić information content (AvgIpc) is 2.90. The fraction of sp³-hybridized carbons (Fsp3) is 0.500. The number of aliphatic hydroxyl groups excluding tert-OH is 1. The summed E-state index contributed by atoms with van der Waals surface area (Å²) in [6.45, 7) is 4.78. The van der Waals surface area contributed by atoms with E-state index in [0.29, 0.717) is 12.0 Å². The van der Waals surface area contributed by atoms with Crippen molar-refractivity contribution in [3.05, 3.63) is 29.8 Å². The number of benzene rings is 1. The molecule has 1 aromatic carbocycles. The second-order valence-corrected chi connectivity index (χ2v) is 5.72. The monoisotopic (exact) mass is 290 g/mol. The quantitative estimate of drug-likeness (QED) is 0.864. The van der Waals surface area contributed by atoms with E-state index < -0.39 is 6.10 Å². The molecule has 0 spiro atoms. The Morgan fingerprint density at radius 2 is 2.00 bits per heavy atom. The molecule has 1 aliphatic heterocycles. The number of carbonyl (C=O) groups excluding carboxylic acids is 2. The molecular weight excluding hydrogens is 268 g/mol. The first-order valence-corrected chi connectivity index (χ1v) is 7.35. The second kappa shape index (κ2) is 6.72. The third-order valence-corrected chi connectivity index (χ3v) is 3.76. The van der Waals surface area contributed by atoms with Gasteiger partial charge in [-0.05, 0) is 36.6 Å². The number of nitrogens with zero attached hydrogens (tertiary/aromatic N) is 1. The smallest absolute Gasteiger partial charge is 0.251 e. The van der Waals surface area contributed by atoms with E-state index in [-0.39, 0.29) is 24.3 Å². The van der Waals surface area contributed by atoms with Gasteiger partial charge in [0.05, 0.1) is 6.10 Å². The van der Waals surface area contributed by atoms with Crippen molar-refractivity contribution in [2.45, 2.75) is 32.8 Å². The summed E-state index contributed by atoms with van der Waals surface area (Å²) in [6.07, 6.45) is 0.930. The molecule has 1 fully saturated rings. The Kier molecular flexibility index (Phi) is 4.96. The molecule has 0 aliphatic carbocycles. The molecule has 2 amide bonds. The second-order valence-electron chi connectivity index (χ2n) is 5.72. The van der Waals surface area contributed by atoms with Crippen LogP contribution in [0.25, 0.3) is 0 Å². The number of amides is 2. The van der Waals surface area contributed by atoms with Gasteiger partial charge in [-0.3, -0.25) is 9.59 Å². The summed E-state index contributed by atoms with van der Waals surface area (Å²) in [4.78, 5) is 25.4. The number of aliphatic hydroxyl groups is 1. The maximum Gasteiger partial charge on any atom is 0.251 e. The Hall–Kier alpha value is -1.88. The average molecular weight is 290 g/mol. The van der Waals surface area contributed by atoms with Gasteiger partial charge in [0.1, 0.15) is 0 Å². The van der Waals surface area contributed by atoms with Crippen LogP contribution >= 0.6 is 0 Å². The van der Waals surface area contributed by atoms with Crippen LogP contribution in [0, 0.1) is 5.92 Å². The van der Waals surface area contributed by atoms with Crippen LogP contribution in [0.4, 0.5) is 5.69 Å². The Balaban J connectivity index is 1.95. The maximum atomic E-state index is 12.0. The predicted octanol–water partition coefficient (Wildman–Crippen LogP) is 1.56. The molecule has 1 heterocycles. The molecule has 114 valence electrons. The van der Waals surface area contributed by atoms with Gasteiger partial charge in [-0.15, -0.1) is 0 Å². The number of anilines is 1. The van der Waals surface area contributed by atoms with E-state index in [1.807, 2.05) is 13.8 Å². The SMILES string of the molecule is CC(C)C(O)CNC(=O)c1ccc(N2CCCC2=O)cc1. The zero-order valence-corrected chi connectivity index (χ0v) is 12.5. The van der Waals surface area contributed by atoms with E-state index in [9.17, 15) is 14.7 Å².